The molecule has 0 fully saturated rings. The van der Waals surface area contributed by atoms with Crippen LogP contribution in [-0.4, -0.2) is 23.5 Å². The molecule has 0 amide bonds. The average molecular weight is 378 g/mol. The lowest BCUT2D eigenvalue weighted by Gasteiger charge is -2.16. The zero-order valence-corrected chi connectivity index (χ0v) is 13.9. The van der Waals surface area contributed by atoms with Crippen LogP contribution in [0.4, 0.5) is 13.2 Å². The molecule has 1 aromatic heterocycles. The molecule has 3 rings (SSSR count). The Labute approximate surface area is 151 Å². The Balaban J connectivity index is 1.81. The fraction of sp³-hybridized carbons (Fsp3) is 0.167. The number of carbonyl (C=O) groups is 1. The summed E-state index contributed by atoms with van der Waals surface area (Å²) in [5, 5.41) is 3.31. The highest BCUT2D eigenvalue weighted by Gasteiger charge is 2.38. The maximum absolute atomic E-state index is 12.5. The maximum atomic E-state index is 12.5. The molecule has 2 aromatic carbocycles. The van der Waals surface area contributed by atoms with Crippen LogP contribution in [0.5, 0.6) is 11.5 Å². The van der Waals surface area contributed by atoms with Gasteiger partial charge in [0.15, 0.2) is 23.9 Å². The maximum Gasteiger partial charge on any atom is 0.471 e. The minimum atomic E-state index is -4.71. The summed E-state index contributed by atoms with van der Waals surface area (Å²) < 4.78 is 52.7. The Kier molecular flexibility index (Phi) is 5.11. The lowest BCUT2D eigenvalue weighted by Crippen LogP contribution is -2.09. The second kappa shape index (κ2) is 7.48. The lowest BCUT2D eigenvalue weighted by molar-refractivity contribution is -0.159. The number of nitrogens with zero attached hydrogens (tertiary/aromatic N) is 2. The van der Waals surface area contributed by atoms with E-state index in [9.17, 15) is 18.0 Å². The first kappa shape index (κ1) is 18.4. The summed E-state index contributed by atoms with van der Waals surface area (Å²) in [6, 6.07) is 12.9. The Morgan fingerprint density at radius 1 is 1.07 bits per heavy atom. The van der Waals surface area contributed by atoms with Crippen LogP contribution < -0.4 is 9.47 Å². The van der Waals surface area contributed by atoms with Crippen molar-refractivity contribution in [3.8, 4) is 22.9 Å². The number of benzene rings is 2. The second-order valence-corrected chi connectivity index (χ2v) is 5.37. The minimum absolute atomic E-state index is 0.206. The molecule has 0 radical (unpaired) electrons. The molecule has 0 saturated heterocycles. The highest BCUT2D eigenvalue weighted by molar-refractivity contribution is 5.63. The third-order valence-corrected chi connectivity index (χ3v) is 3.61. The number of alkyl halides is 3. The van der Waals surface area contributed by atoms with Gasteiger partial charge in [0.1, 0.15) is 0 Å². The van der Waals surface area contributed by atoms with Crippen molar-refractivity contribution in [2.75, 3.05) is 7.11 Å². The van der Waals surface area contributed by atoms with Crippen molar-refractivity contribution < 1.29 is 32.0 Å². The zero-order valence-electron chi connectivity index (χ0n) is 13.9. The summed E-state index contributed by atoms with van der Waals surface area (Å²) in [5.74, 6) is -0.782. The van der Waals surface area contributed by atoms with E-state index in [0.29, 0.717) is 28.9 Å². The van der Waals surface area contributed by atoms with Gasteiger partial charge < -0.3 is 14.0 Å². The van der Waals surface area contributed by atoms with Gasteiger partial charge in [-0.05, 0) is 17.7 Å². The third kappa shape index (κ3) is 4.08. The minimum Gasteiger partial charge on any atom is -0.493 e. The van der Waals surface area contributed by atoms with Crippen LogP contribution in [0.25, 0.3) is 11.4 Å². The number of hydrogen-bond acceptors (Lipinski definition) is 6. The summed E-state index contributed by atoms with van der Waals surface area (Å²) in [7, 11) is 1.48. The molecule has 0 aliphatic carbocycles. The molecule has 0 saturated carbocycles. The van der Waals surface area contributed by atoms with Gasteiger partial charge in [0.2, 0.25) is 5.82 Å². The van der Waals surface area contributed by atoms with Gasteiger partial charge in [-0.1, -0.05) is 41.6 Å². The van der Waals surface area contributed by atoms with Crippen LogP contribution >= 0.6 is 0 Å². The van der Waals surface area contributed by atoms with Gasteiger partial charge in [0.25, 0.3) is 0 Å². The van der Waals surface area contributed by atoms with E-state index in [1.807, 2.05) is 0 Å². The first-order chi connectivity index (χ1) is 12.9. The van der Waals surface area contributed by atoms with Gasteiger partial charge in [-0.2, -0.15) is 18.2 Å². The van der Waals surface area contributed by atoms with Crippen molar-refractivity contribution >= 4 is 6.29 Å². The normalized spacial score (nSPS) is 12.4. The van der Waals surface area contributed by atoms with Crippen molar-refractivity contribution in [3.05, 3.63) is 60.0 Å². The number of halogens is 3. The van der Waals surface area contributed by atoms with Crippen molar-refractivity contribution in [1.29, 1.82) is 0 Å². The quantitative estimate of drug-likeness (QED) is 0.602. The molecule has 1 atom stereocenters. The van der Waals surface area contributed by atoms with E-state index < -0.39 is 18.2 Å². The van der Waals surface area contributed by atoms with Crippen LogP contribution in [0.3, 0.4) is 0 Å². The molecule has 9 heteroatoms. The van der Waals surface area contributed by atoms with Gasteiger partial charge in [-0.25, -0.2) is 0 Å². The van der Waals surface area contributed by atoms with E-state index in [1.165, 1.54) is 31.4 Å². The molecule has 6 nitrogen and oxygen atoms in total. The Morgan fingerprint density at radius 3 is 2.30 bits per heavy atom. The van der Waals surface area contributed by atoms with Crippen LogP contribution in [-0.2, 0) is 11.0 Å². The molecule has 140 valence electrons. The number of hydrogen-bond donors (Lipinski definition) is 0. The van der Waals surface area contributed by atoms with Crippen molar-refractivity contribution in [1.82, 2.24) is 10.1 Å². The van der Waals surface area contributed by atoms with Crippen molar-refractivity contribution in [3.63, 3.8) is 0 Å². The number of methoxy groups -OCH3 is 1. The zero-order chi connectivity index (χ0) is 19.4. The van der Waals surface area contributed by atoms with Crippen LogP contribution in [0.1, 0.15) is 17.6 Å². The highest BCUT2D eigenvalue weighted by Crippen LogP contribution is 2.32. The van der Waals surface area contributed by atoms with Gasteiger partial charge in [-0.3, -0.25) is 4.79 Å². The molecule has 0 N–H and O–H groups in total. The molecule has 1 unspecified atom stereocenters. The fourth-order valence-corrected chi connectivity index (χ4v) is 2.31. The first-order valence-electron chi connectivity index (χ1n) is 7.68. The van der Waals surface area contributed by atoms with Gasteiger partial charge in [0.05, 0.1) is 7.11 Å². The van der Waals surface area contributed by atoms with E-state index >= 15 is 0 Å². The predicted octanol–water partition coefficient (Wildman–Crippen LogP) is 4.08. The monoisotopic (exact) mass is 378 g/mol. The topological polar surface area (TPSA) is 74.5 Å². The van der Waals surface area contributed by atoms with Crippen LogP contribution in [0.15, 0.2) is 53.1 Å². The Hall–Kier alpha value is -3.36. The van der Waals surface area contributed by atoms with Gasteiger partial charge >= 0.3 is 12.1 Å². The second-order valence-electron chi connectivity index (χ2n) is 5.37. The van der Waals surface area contributed by atoms with Crippen LogP contribution in [0, 0.1) is 0 Å². The molecular formula is C18H13F3N2O4. The largest absolute Gasteiger partial charge is 0.493 e. The van der Waals surface area contributed by atoms with E-state index in [-0.39, 0.29) is 5.82 Å². The molecule has 0 aliphatic heterocycles. The Morgan fingerprint density at radius 2 is 1.74 bits per heavy atom. The summed E-state index contributed by atoms with van der Waals surface area (Å²) >= 11 is 0. The van der Waals surface area contributed by atoms with Gasteiger partial charge in [0, 0.05) is 5.56 Å². The number of rotatable bonds is 6. The number of aromatic nitrogens is 2. The molecule has 0 spiro atoms. The van der Waals surface area contributed by atoms with Crippen LogP contribution in [0.2, 0.25) is 0 Å². The molecule has 0 bridgehead atoms. The summed E-state index contributed by atoms with van der Waals surface area (Å²) in [6.45, 7) is 0. The van der Waals surface area contributed by atoms with Crippen molar-refractivity contribution in [2.45, 2.75) is 12.3 Å². The van der Waals surface area contributed by atoms with E-state index in [4.69, 9.17) is 9.47 Å². The van der Waals surface area contributed by atoms with E-state index in [0.717, 1.165) is 0 Å². The van der Waals surface area contributed by atoms with E-state index in [2.05, 4.69) is 14.7 Å². The average Bonchev–Trinajstić information content (AvgIpc) is 3.17. The number of carbonyl (C=O) groups excluding carboxylic acids is 1. The Bertz CT molecular complexity index is 923. The number of ether oxygens (including phenoxy) is 2. The smallest absolute Gasteiger partial charge is 0.471 e. The summed E-state index contributed by atoms with van der Waals surface area (Å²) in [4.78, 5) is 14.8. The summed E-state index contributed by atoms with van der Waals surface area (Å²) in [6.07, 6.45) is -5.03. The number of para-hydroxylation sites is 2. The van der Waals surface area contributed by atoms with Gasteiger partial charge in [-0.15, -0.1) is 0 Å². The third-order valence-electron chi connectivity index (χ3n) is 3.61. The van der Waals surface area contributed by atoms with E-state index in [1.54, 1.807) is 24.3 Å². The SMILES string of the molecule is COc1ccccc1OC(C=O)c1ccc(-c2noc(C(F)(F)F)n2)cc1. The fourth-order valence-electron chi connectivity index (χ4n) is 2.31. The molecule has 27 heavy (non-hydrogen) atoms. The number of aldehydes is 1. The summed E-state index contributed by atoms with van der Waals surface area (Å²) in [5.41, 5.74) is 0.805. The molecular weight excluding hydrogens is 365 g/mol. The molecule has 1 heterocycles. The lowest BCUT2D eigenvalue weighted by atomic mass is 10.1. The standard InChI is InChI=1S/C18H13F3N2O4/c1-25-13-4-2-3-5-14(13)26-15(10-24)11-6-8-12(9-7-11)16-22-17(27-23-16)18(19,20)21/h2-10,15H,1H3. The molecule has 3 aromatic rings. The first-order valence-corrected chi connectivity index (χ1v) is 7.68. The molecule has 0 aliphatic rings. The predicted molar refractivity (Wildman–Crippen MR) is 87.2 cm³/mol. The highest BCUT2D eigenvalue weighted by atomic mass is 19.4. The van der Waals surface area contributed by atoms with Crippen molar-refractivity contribution in [2.24, 2.45) is 0 Å².